The van der Waals surface area contributed by atoms with Crippen LogP contribution in [0.5, 0.6) is 0 Å². The average Bonchev–Trinajstić information content (AvgIpc) is 3.54. The van der Waals surface area contributed by atoms with Crippen LogP contribution in [-0.2, 0) is 0 Å². The molecule has 0 aliphatic carbocycles. The molecule has 232 valence electrons. The van der Waals surface area contributed by atoms with Gasteiger partial charge in [0.2, 0.25) is 0 Å². The van der Waals surface area contributed by atoms with Gasteiger partial charge < -0.3 is 14.2 Å². The standard InChI is InChI=1S/C46H32N2O/c1-5-17-33(18-6-1)39-27-15-16-28-42(39)48(38-25-11-4-12-26-38)43-30-29-40-41-31-34-19-13-14-20-35(34)32-44(41)49-46(40)45(43)47(36-21-7-2-8-22-36)37-23-9-3-10-24-37/h1-32H. The Kier molecular flexibility index (Phi) is 7.14. The Hall–Kier alpha value is -6.58. The highest BCUT2D eigenvalue weighted by Gasteiger charge is 2.28. The van der Waals surface area contributed by atoms with Gasteiger partial charge >= 0.3 is 0 Å². The molecule has 9 aromatic rings. The number of para-hydroxylation sites is 4. The minimum absolute atomic E-state index is 0.827. The SMILES string of the molecule is c1ccc(-c2ccccc2N(c2ccccc2)c2ccc3c(oc4cc5ccccc5cc43)c2N(c2ccccc2)c2ccccc2)cc1. The third-order valence-corrected chi connectivity index (χ3v) is 9.20. The van der Waals surface area contributed by atoms with E-state index in [0.29, 0.717) is 0 Å². The lowest BCUT2D eigenvalue weighted by atomic mass is 10.0. The second-order valence-electron chi connectivity index (χ2n) is 12.2. The summed E-state index contributed by atoms with van der Waals surface area (Å²) in [6.07, 6.45) is 0. The van der Waals surface area contributed by atoms with Gasteiger partial charge in [0.25, 0.3) is 0 Å². The van der Waals surface area contributed by atoms with Gasteiger partial charge in [-0.3, -0.25) is 0 Å². The Labute approximate surface area is 285 Å². The predicted molar refractivity (Wildman–Crippen MR) is 206 cm³/mol. The Balaban J connectivity index is 1.42. The zero-order chi connectivity index (χ0) is 32.6. The van der Waals surface area contributed by atoms with Crippen molar-refractivity contribution >= 4 is 66.8 Å². The van der Waals surface area contributed by atoms with E-state index < -0.39 is 0 Å². The van der Waals surface area contributed by atoms with Gasteiger partial charge in [-0.2, -0.15) is 0 Å². The second-order valence-corrected chi connectivity index (χ2v) is 12.2. The average molecular weight is 629 g/mol. The number of hydrogen-bond donors (Lipinski definition) is 0. The van der Waals surface area contributed by atoms with Crippen LogP contribution in [-0.4, -0.2) is 0 Å². The quantitative estimate of drug-likeness (QED) is 0.175. The first-order valence-electron chi connectivity index (χ1n) is 16.6. The van der Waals surface area contributed by atoms with E-state index in [1.807, 2.05) is 0 Å². The first-order chi connectivity index (χ1) is 24.3. The highest BCUT2D eigenvalue weighted by molar-refractivity contribution is 6.16. The third kappa shape index (κ3) is 5.09. The smallest absolute Gasteiger partial charge is 0.161 e. The van der Waals surface area contributed by atoms with Crippen molar-refractivity contribution in [1.82, 2.24) is 0 Å². The van der Waals surface area contributed by atoms with Crippen LogP contribution in [0.15, 0.2) is 199 Å². The van der Waals surface area contributed by atoms with Crippen molar-refractivity contribution in [1.29, 1.82) is 0 Å². The highest BCUT2D eigenvalue weighted by Crippen LogP contribution is 2.52. The number of furan rings is 1. The molecule has 0 aliphatic heterocycles. The van der Waals surface area contributed by atoms with Gasteiger partial charge in [0.1, 0.15) is 11.3 Å². The zero-order valence-corrected chi connectivity index (χ0v) is 26.8. The van der Waals surface area contributed by atoms with Gasteiger partial charge in [-0.05, 0) is 83.1 Å². The van der Waals surface area contributed by atoms with Gasteiger partial charge in [-0.15, -0.1) is 0 Å². The number of fused-ring (bicyclic) bond motifs is 4. The molecular formula is C46H32N2O. The van der Waals surface area contributed by atoms with Crippen molar-refractivity contribution in [3.05, 3.63) is 194 Å². The van der Waals surface area contributed by atoms with E-state index in [1.165, 1.54) is 5.39 Å². The van der Waals surface area contributed by atoms with Crippen LogP contribution in [0.3, 0.4) is 0 Å². The maximum atomic E-state index is 7.02. The fraction of sp³-hybridized carbons (Fsp3) is 0. The van der Waals surface area contributed by atoms with Gasteiger partial charge in [-0.1, -0.05) is 127 Å². The normalized spacial score (nSPS) is 11.3. The maximum Gasteiger partial charge on any atom is 0.161 e. The lowest BCUT2D eigenvalue weighted by molar-refractivity contribution is 0.669. The Bertz CT molecular complexity index is 2500. The van der Waals surface area contributed by atoms with Crippen LogP contribution < -0.4 is 9.80 Å². The number of nitrogens with zero attached hydrogens (tertiary/aromatic N) is 2. The molecule has 9 rings (SSSR count). The van der Waals surface area contributed by atoms with Crippen molar-refractivity contribution in [2.75, 3.05) is 9.80 Å². The Morgan fingerprint density at radius 1 is 0.367 bits per heavy atom. The van der Waals surface area contributed by atoms with Crippen LogP contribution >= 0.6 is 0 Å². The molecule has 0 amide bonds. The van der Waals surface area contributed by atoms with Crippen LogP contribution in [0, 0.1) is 0 Å². The molecule has 49 heavy (non-hydrogen) atoms. The van der Waals surface area contributed by atoms with E-state index in [0.717, 1.165) is 72.6 Å². The van der Waals surface area contributed by atoms with Crippen LogP contribution in [0.25, 0.3) is 43.8 Å². The van der Waals surface area contributed by atoms with Gasteiger partial charge in [0, 0.05) is 33.4 Å². The zero-order valence-electron chi connectivity index (χ0n) is 26.8. The second kappa shape index (κ2) is 12.2. The van der Waals surface area contributed by atoms with Crippen molar-refractivity contribution in [2.45, 2.75) is 0 Å². The van der Waals surface area contributed by atoms with Crippen molar-refractivity contribution in [3.8, 4) is 11.1 Å². The molecule has 3 heteroatoms. The van der Waals surface area contributed by atoms with Gasteiger partial charge in [0.15, 0.2) is 5.58 Å². The molecule has 0 unspecified atom stereocenters. The molecule has 0 fully saturated rings. The third-order valence-electron chi connectivity index (χ3n) is 9.20. The largest absolute Gasteiger partial charge is 0.454 e. The highest BCUT2D eigenvalue weighted by atomic mass is 16.3. The molecule has 0 radical (unpaired) electrons. The molecule has 0 spiro atoms. The summed E-state index contributed by atoms with van der Waals surface area (Å²) in [6, 6.07) is 68.4. The van der Waals surface area contributed by atoms with Crippen molar-refractivity contribution in [3.63, 3.8) is 0 Å². The summed E-state index contributed by atoms with van der Waals surface area (Å²) < 4.78 is 7.02. The molecule has 0 saturated heterocycles. The molecule has 0 atom stereocenters. The lowest BCUT2D eigenvalue weighted by Gasteiger charge is -2.34. The topological polar surface area (TPSA) is 19.6 Å². The van der Waals surface area contributed by atoms with Crippen molar-refractivity contribution in [2.24, 2.45) is 0 Å². The summed E-state index contributed by atoms with van der Waals surface area (Å²) in [5.41, 5.74) is 10.1. The summed E-state index contributed by atoms with van der Waals surface area (Å²) >= 11 is 0. The summed E-state index contributed by atoms with van der Waals surface area (Å²) in [4.78, 5) is 4.71. The van der Waals surface area contributed by atoms with E-state index in [-0.39, 0.29) is 0 Å². The van der Waals surface area contributed by atoms with Crippen LogP contribution in [0.2, 0.25) is 0 Å². The fourth-order valence-corrected chi connectivity index (χ4v) is 6.97. The van der Waals surface area contributed by atoms with Crippen molar-refractivity contribution < 1.29 is 4.42 Å². The molecule has 0 bridgehead atoms. The summed E-state index contributed by atoms with van der Waals surface area (Å²) in [6.45, 7) is 0. The molecule has 3 nitrogen and oxygen atoms in total. The molecule has 8 aromatic carbocycles. The van der Waals surface area contributed by atoms with Gasteiger partial charge in [0.05, 0.1) is 11.4 Å². The van der Waals surface area contributed by atoms with Gasteiger partial charge in [-0.25, -0.2) is 0 Å². The maximum absolute atomic E-state index is 7.02. The van der Waals surface area contributed by atoms with E-state index >= 15 is 0 Å². The number of hydrogen-bond acceptors (Lipinski definition) is 3. The summed E-state index contributed by atoms with van der Waals surface area (Å²) in [5.74, 6) is 0. The minimum Gasteiger partial charge on any atom is -0.454 e. The number of rotatable bonds is 7. The molecule has 0 aliphatic rings. The summed E-state index contributed by atoms with van der Waals surface area (Å²) in [7, 11) is 0. The molecule has 0 saturated carbocycles. The van der Waals surface area contributed by atoms with Crippen LogP contribution in [0.1, 0.15) is 0 Å². The van der Waals surface area contributed by atoms with E-state index in [2.05, 4.69) is 204 Å². The minimum atomic E-state index is 0.827. The molecular weight excluding hydrogens is 597 g/mol. The molecule has 0 N–H and O–H groups in total. The molecule has 1 heterocycles. The van der Waals surface area contributed by atoms with E-state index in [9.17, 15) is 0 Å². The summed E-state index contributed by atoms with van der Waals surface area (Å²) in [5, 5.41) is 4.51. The number of benzene rings is 8. The predicted octanol–water partition coefficient (Wildman–Crippen LogP) is 13.3. The first kappa shape index (κ1) is 28.6. The number of anilines is 6. The van der Waals surface area contributed by atoms with Crippen LogP contribution in [0.4, 0.5) is 34.1 Å². The first-order valence-corrected chi connectivity index (χ1v) is 16.6. The Morgan fingerprint density at radius 2 is 0.878 bits per heavy atom. The van der Waals surface area contributed by atoms with E-state index in [1.54, 1.807) is 0 Å². The Morgan fingerprint density at radius 3 is 1.51 bits per heavy atom. The monoisotopic (exact) mass is 628 g/mol. The lowest BCUT2D eigenvalue weighted by Crippen LogP contribution is -2.17. The molecule has 1 aromatic heterocycles. The fourth-order valence-electron chi connectivity index (χ4n) is 6.97. The van der Waals surface area contributed by atoms with E-state index in [4.69, 9.17) is 4.42 Å².